The molecule has 0 spiro atoms. The Labute approximate surface area is 108 Å². The van der Waals surface area contributed by atoms with Gasteiger partial charge in [0.1, 0.15) is 0 Å². The maximum absolute atomic E-state index is 3.72. The van der Waals surface area contributed by atoms with Gasteiger partial charge in [-0.15, -0.1) is 0 Å². The van der Waals surface area contributed by atoms with E-state index in [1.807, 2.05) is 0 Å². The monoisotopic (exact) mass is 240 g/mol. The molecule has 0 amide bonds. The van der Waals surface area contributed by atoms with Crippen LogP contribution in [0.2, 0.25) is 0 Å². The Morgan fingerprint density at radius 3 is 2.29 bits per heavy atom. The summed E-state index contributed by atoms with van der Waals surface area (Å²) in [7, 11) is 0. The predicted octanol–water partition coefficient (Wildman–Crippen LogP) is 3.13. The van der Waals surface area contributed by atoms with Gasteiger partial charge in [-0.2, -0.15) is 0 Å². The van der Waals surface area contributed by atoms with Gasteiger partial charge < -0.3 is 5.32 Å². The number of nitrogens with one attached hydrogen (secondary N) is 1. The highest BCUT2D eigenvalue weighted by molar-refractivity contribution is 4.93. The van der Waals surface area contributed by atoms with Gasteiger partial charge in [0.05, 0.1) is 0 Å². The van der Waals surface area contributed by atoms with Crippen LogP contribution in [0.4, 0.5) is 0 Å². The van der Waals surface area contributed by atoms with Gasteiger partial charge in [-0.25, -0.2) is 0 Å². The van der Waals surface area contributed by atoms with E-state index in [1.165, 1.54) is 13.0 Å². The first-order valence-corrected chi connectivity index (χ1v) is 7.26. The third-order valence-corrected chi connectivity index (χ3v) is 4.28. The Morgan fingerprint density at radius 2 is 1.88 bits per heavy atom. The van der Waals surface area contributed by atoms with E-state index < -0.39 is 0 Å². The fourth-order valence-electron chi connectivity index (χ4n) is 3.02. The van der Waals surface area contributed by atoms with Crippen LogP contribution in [0.15, 0.2) is 0 Å². The molecular weight excluding hydrogens is 208 g/mol. The van der Waals surface area contributed by atoms with Crippen LogP contribution in [-0.4, -0.2) is 36.1 Å². The van der Waals surface area contributed by atoms with Gasteiger partial charge in [0.2, 0.25) is 0 Å². The second-order valence-corrected chi connectivity index (χ2v) is 7.09. The molecule has 2 heteroatoms. The van der Waals surface area contributed by atoms with E-state index in [0.29, 0.717) is 17.5 Å². The second kappa shape index (κ2) is 5.71. The van der Waals surface area contributed by atoms with Gasteiger partial charge in [-0.1, -0.05) is 41.5 Å². The van der Waals surface area contributed by atoms with Gasteiger partial charge in [0.25, 0.3) is 0 Å². The Hall–Kier alpha value is -0.0800. The van der Waals surface area contributed by atoms with Gasteiger partial charge in [0, 0.05) is 31.2 Å². The third kappa shape index (κ3) is 3.69. The fraction of sp³-hybridized carbons (Fsp3) is 1.00. The lowest BCUT2D eigenvalue weighted by Gasteiger charge is -2.48. The number of nitrogens with zero attached hydrogens (tertiary/aromatic N) is 1. The molecule has 1 aliphatic heterocycles. The maximum Gasteiger partial charge on any atom is 0.0244 e. The van der Waals surface area contributed by atoms with Crippen molar-refractivity contribution in [1.82, 2.24) is 10.2 Å². The summed E-state index contributed by atoms with van der Waals surface area (Å²) in [6.07, 6.45) is 1.26. The van der Waals surface area contributed by atoms with Crippen LogP contribution in [0.5, 0.6) is 0 Å². The number of piperazine rings is 1. The lowest BCUT2D eigenvalue weighted by Crippen LogP contribution is -2.62. The zero-order valence-electron chi connectivity index (χ0n) is 12.9. The number of rotatable bonds is 3. The molecule has 2 nitrogen and oxygen atoms in total. The Kier molecular flexibility index (Phi) is 5.03. The van der Waals surface area contributed by atoms with Crippen molar-refractivity contribution in [2.45, 2.75) is 73.0 Å². The summed E-state index contributed by atoms with van der Waals surface area (Å²) in [6.45, 7) is 18.7. The van der Waals surface area contributed by atoms with E-state index in [1.54, 1.807) is 0 Å². The molecule has 3 atom stereocenters. The summed E-state index contributed by atoms with van der Waals surface area (Å²) in [5.74, 6) is 0.751. The molecule has 0 radical (unpaired) electrons. The molecule has 0 aliphatic carbocycles. The van der Waals surface area contributed by atoms with Gasteiger partial charge >= 0.3 is 0 Å². The molecule has 0 bridgehead atoms. The third-order valence-electron chi connectivity index (χ3n) is 4.28. The molecule has 3 unspecified atom stereocenters. The summed E-state index contributed by atoms with van der Waals surface area (Å²) >= 11 is 0. The fourth-order valence-corrected chi connectivity index (χ4v) is 3.02. The molecule has 102 valence electrons. The van der Waals surface area contributed by atoms with Crippen molar-refractivity contribution in [2.24, 2.45) is 11.3 Å². The van der Waals surface area contributed by atoms with Crippen molar-refractivity contribution in [2.75, 3.05) is 13.1 Å². The van der Waals surface area contributed by atoms with Crippen LogP contribution in [-0.2, 0) is 0 Å². The van der Waals surface area contributed by atoms with Crippen molar-refractivity contribution in [1.29, 1.82) is 0 Å². The summed E-state index contributed by atoms with van der Waals surface area (Å²) in [5.41, 5.74) is 0.355. The highest BCUT2D eigenvalue weighted by Gasteiger charge is 2.35. The second-order valence-electron chi connectivity index (χ2n) is 7.09. The van der Waals surface area contributed by atoms with Gasteiger partial charge in [0.15, 0.2) is 0 Å². The number of hydrogen-bond donors (Lipinski definition) is 1. The van der Waals surface area contributed by atoms with Crippen LogP contribution < -0.4 is 5.32 Å². The average molecular weight is 240 g/mol. The maximum atomic E-state index is 3.72. The van der Waals surface area contributed by atoms with Crippen LogP contribution in [0.3, 0.4) is 0 Å². The molecule has 1 aliphatic rings. The van der Waals surface area contributed by atoms with E-state index in [4.69, 9.17) is 0 Å². The summed E-state index contributed by atoms with van der Waals surface area (Å²) in [6, 6.07) is 2.02. The normalized spacial score (nSPS) is 29.6. The zero-order valence-corrected chi connectivity index (χ0v) is 12.9. The standard InChI is InChI=1S/C15H32N2/c1-8-13(11(2)3)17-10-14(15(5,6)7)16-9-12(17)4/h11-14,16H,8-10H2,1-7H3. The van der Waals surface area contributed by atoms with Gasteiger partial charge in [-0.05, 0) is 24.7 Å². The lowest BCUT2D eigenvalue weighted by atomic mass is 9.83. The summed E-state index contributed by atoms with van der Waals surface area (Å²) < 4.78 is 0. The van der Waals surface area contributed by atoms with Crippen LogP contribution in [0.25, 0.3) is 0 Å². The average Bonchev–Trinajstić information content (AvgIpc) is 2.19. The van der Waals surface area contributed by atoms with E-state index in [0.717, 1.165) is 18.5 Å². The first kappa shape index (κ1) is 15.0. The minimum Gasteiger partial charge on any atom is -0.311 e. The topological polar surface area (TPSA) is 15.3 Å². The quantitative estimate of drug-likeness (QED) is 0.815. The van der Waals surface area contributed by atoms with E-state index in [-0.39, 0.29) is 0 Å². The summed E-state index contributed by atoms with van der Waals surface area (Å²) in [4.78, 5) is 2.73. The Balaban J connectivity index is 2.75. The first-order valence-electron chi connectivity index (χ1n) is 7.26. The van der Waals surface area contributed by atoms with Crippen LogP contribution in [0, 0.1) is 11.3 Å². The molecule has 0 saturated carbocycles. The largest absolute Gasteiger partial charge is 0.311 e. The summed E-state index contributed by atoms with van der Waals surface area (Å²) in [5, 5.41) is 3.72. The molecular formula is C15H32N2. The SMILES string of the molecule is CCC(C(C)C)N1CC(C(C)(C)C)NCC1C. The van der Waals surface area contributed by atoms with Crippen molar-refractivity contribution < 1.29 is 0 Å². The smallest absolute Gasteiger partial charge is 0.0244 e. The van der Waals surface area contributed by atoms with Crippen LogP contribution >= 0.6 is 0 Å². The van der Waals surface area contributed by atoms with Crippen molar-refractivity contribution in [3.63, 3.8) is 0 Å². The molecule has 1 fully saturated rings. The zero-order chi connectivity index (χ0) is 13.2. The van der Waals surface area contributed by atoms with Crippen molar-refractivity contribution >= 4 is 0 Å². The molecule has 1 N–H and O–H groups in total. The minimum atomic E-state index is 0.355. The predicted molar refractivity (Wildman–Crippen MR) is 76.3 cm³/mol. The molecule has 1 rings (SSSR count). The minimum absolute atomic E-state index is 0.355. The molecule has 1 saturated heterocycles. The van der Waals surface area contributed by atoms with Gasteiger partial charge in [-0.3, -0.25) is 4.90 Å². The highest BCUT2D eigenvalue weighted by atomic mass is 15.3. The van der Waals surface area contributed by atoms with Crippen LogP contribution in [0.1, 0.15) is 54.9 Å². The van der Waals surface area contributed by atoms with E-state index in [9.17, 15) is 0 Å². The Bertz CT molecular complexity index is 230. The first-order chi connectivity index (χ1) is 7.77. The molecule has 17 heavy (non-hydrogen) atoms. The Morgan fingerprint density at radius 1 is 1.29 bits per heavy atom. The molecule has 0 aromatic rings. The number of hydrogen-bond acceptors (Lipinski definition) is 2. The van der Waals surface area contributed by atoms with Crippen molar-refractivity contribution in [3.8, 4) is 0 Å². The highest BCUT2D eigenvalue weighted by Crippen LogP contribution is 2.27. The van der Waals surface area contributed by atoms with Crippen molar-refractivity contribution in [3.05, 3.63) is 0 Å². The van der Waals surface area contributed by atoms with E-state index in [2.05, 4.69) is 58.7 Å². The molecule has 0 aromatic carbocycles. The molecule has 0 aromatic heterocycles. The lowest BCUT2D eigenvalue weighted by molar-refractivity contribution is 0.0375. The van der Waals surface area contributed by atoms with E-state index >= 15 is 0 Å². The molecule has 1 heterocycles.